The van der Waals surface area contributed by atoms with Crippen molar-refractivity contribution < 1.29 is 0 Å². The maximum atomic E-state index is 9.79. The van der Waals surface area contributed by atoms with Crippen LogP contribution in [0.5, 0.6) is 0 Å². The number of hydrogen-bond donors (Lipinski definition) is 0. The second kappa shape index (κ2) is 5.54. The van der Waals surface area contributed by atoms with Crippen molar-refractivity contribution in [1.82, 2.24) is 9.47 Å². The van der Waals surface area contributed by atoms with Gasteiger partial charge in [-0.3, -0.25) is 0 Å². The summed E-state index contributed by atoms with van der Waals surface area (Å²) >= 11 is 0. The summed E-state index contributed by atoms with van der Waals surface area (Å²) in [5.41, 5.74) is 2.25. The third-order valence-electron chi connectivity index (χ3n) is 4.76. The lowest BCUT2D eigenvalue weighted by Crippen LogP contribution is -2.20. The van der Waals surface area contributed by atoms with Crippen molar-refractivity contribution in [2.24, 2.45) is 0 Å². The molecule has 0 unspecified atom stereocenters. The number of aromatic nitrogens is 1. The van der Waals surface area contributed by atoms with E-state index < -0.39 is 0 Å². The van der Waals surface area contributed by atoms with Crippen LogP contribution in [0, 0.1) is 11.3 Å². The van der Waals surface area contributed by atoms with Crippen LogP contribution in [0.3, 0.4) is 0 Å². The topological polar surface area (TPSA) is 32.0 Å². The van der Waals surface area contributed by atoms with Crippen molar-refractivity contribution >= 4 is 10.9 Å². The summed E-state index contributed by atoms with van der Waals surface area (Å²) in [6, 6.07) is 11.2. The summed E-state index contributed by atoms with van der Waals surface area (Å²) in [6.45, 7) is 1.98. The van der Waals surface area contributed by atoms with Gasteiger partial charge in [0.1, 0.15) is 0 Å². The molecule has 0 radical (unpaired) electrons. The summed E-state index contributed by atoms with van der Waals surface area (Å²) in [4.78, 5) is 2.20. The molecule has 110 valence electrons. The minimum absolute atomic E-state index is 0.261. The van der Waals surface area contributed by atoms with Crippen molar-refractivity contribution in [3.05, 3.63) is 36.0 Å². The van der Waals surface area contributed by atoms with Gasteiger partial charge in [-0.1, -0.05) is 31.0 Å². The van der Waals surface area contributed by atoms with E-state index >= 15 is 0 Å². The standard InChI is InChI=1S/C18H23N3/c1-20(2)11-12-21-13-16(15-7-3-4-8-17(15)21)18(14-19)9-5-6-10-18/h3-4,7-8,13H,5-6,9-12H2,1-2H3. The van der Waals surface area contributed by atoms with Crippen molar-refractivity contribution in [2.45, 2.75) is 37.6 Å². The first-order valence-electron chi connectivity index (χ1n) is 7.81. The number of nitriles is 1. The Hall–Kier alpha value is -1.79. The second-order valence-electron chi connectivity index (χ2n) is 6.46. The number of likely N-dealkylation sites (N-methyl/N-ethyl adjacent to an activating group) is 1. The molecule has 3 nitrogen and oxygen atoms in total. The van der Waals surface area contributed by atoms with Gasteiger partial charge < -0.3 is 9.47 Å². The summed E-state index contributed by atoms with van der Waals surface area (Å²) in [5.74, 6) is 0. The highest BCUT2D eigenvalue weighted by molar-refractivity contribution is 5.85. The SMILES string of the molecule is CN(C)CCn1cc(C2(C#N)CCCC2)c2ccccc21. The van der Waals surface area contributed by atoms with Gasteiger partial charge in [-0.15, -0.1) is 0 Å². The molecule has 1 aliphatic rings. The molecule has 0 amide bonds. The monoisotopic (exact) mass is 281 g/mol. The number of para-hydroxylation sites is 1. The van der Waals surface area contributed by atoms with Crippen LogP contribution < -0.4 is 0 Å². The number of rotatable bonds is 4. The lowest BCUT2D eigenvalue weighted by atomic mass is 9.80. The van der Waals surface area contributed by atoms with Gasteiger partial charge in [0.05, 0.1) is 11.5 Å². The third kappa shape index (κ3) is 2.45. The number of nitrogens with zero attached hydrogens (tertiary/aromatic N) is 3. The van der Waals surface area contributed by atoms with E-state index in [1.807, 2.05) is 0 Å². The van der Waals surface area contributed by atoms with Gasteiger partial charge in [-0.2, -0.15) is 5.26 Å². The van der Waals surface area contributed by atoms with Gasteiger partial charge in [-0.05, 0) is 38.6 Å². The van der Waals surface area contributed by atoms with Gasteiger partial charge in [0.25, 0.3) is 0 Å². The molecule has 0 saturated heterocycles. The first-order valence-corrected chi connectivity index (χ1v) is 7.81. The molecule has 0 aliphatic heterocycles. The Morgan fingerprint density at radius 1 is 1.24 bits per heavy atom. The van der Waals surface area contributed by atoms with E-state index in [-0.39, 0.29) is 5.41 Å². The molecular formula is C18H23N3. The quantitative estimate of drug-likeness (QED) is 0.858. The molecule has 21 heavy (non-hydrogen) atoms. The van der Waals surface area contributed by atoms with Crippen LogP contribution in [0.1, 0.15) is 31.2 Å². The molecule has 0 bridgehead atoms. The molecular weight excluding hydrogens is 258 g/mol. The second-order valence-corrected chi connectivity index (χ2v) is 6.46. The zero-order chi connectivity index (χ0) is 14.9. The van der Waals surface area contributed by atoms with Crippen molar-refractivity contribution in [2.75, 3.05) is 20.6 Å². The third-order valence-corrected chi connectivity index (χ3v) is 4.76. The Morgan fingerprint density at radius 2 is 1.95 bits per heavy atom. The van der Waals surface area contributed by atoms with E-state index in [2.05, 4.69) is 60.1 Å². The fourth-order valence-electron chi connectivity index (χ4n) is 3.54. The summed E-state index contributed by atoms with van der Waals surface area (Å²) in [7, 11) is 4.20. The summed E-state index contributed by atoms with van der Waals surface area (Å²) in [6.07, 6.45) is 6.59. The average molecular weight is 281 g/mol. The highest BCUT2D eigenvalue weighted by Crippen LogP contribution is 2.43. The minimum Gasteiger partial charge on any atom is -0.346 e. The van der Waals surface area contributed by atoms with Gasteiger partial charge in [0.2, 0.25) is 0 Å². The molecule has 0 N–H and O–H groups in total. The van der Waals surface area contributed by atoms with Crippen LogP contribution in [0.25, 0.3) is 10.9 Å². The number of hydrogen-bond acceptors (Lipinski definition) is 2. The maximum Gasteiger partial charge on any atom is 0.0843 e. The van der Waals surface area contributed by atoms with E-state index in [9.17, 15) is 5.26 Å². The highest BCUT2D eigenvalue weighted by atomic mass is 15.1. The molecule has 2 aromatic rings. The number of benzene rings is 1. The molecule has 1 saturated carbocycles. The molecule has 0 atom stereocenters. The lowest BCUT2D eigenvalue weighted by molar-refractivity contribution is 0.386. The van der Waals surface area contributed by atoms with Crippen molar-refractivity contribution in [1.29, 1.82) is 5.26 Å². The normalized spacial score (nSPS) is 17.4. The van der Waals surface area contributed by atoms with Gasteiger partial charge in [0, 0.05) is 30.2 Å². The molecule has 1 fully saturated rings. The minimum atomic E-state index is -0.261. The van der Waals surface area contributed by atoms with Crippen LogP contribution in [-0.4, -0.2) is 30.1 Å². The molecule has 0 spiro atoms. The lowest BCUT2D eigenvalue weighted by Gasteiger charge is -2.19. The average Bonchev–Trinajstić information content (AvgIpc) is 3.10. The molecule has 3 rings (SSSR count). The van der Waals surface area contributed by atoms with Crippen molar-refractivity contribution in [3.63, 3.8) is 0 Å². The first kappa shape index (κ1) is 14.2. The van der Waals surface area contributed by atoms with E-state index in [1.165, 1.54) is 29.3 Å². The zero-order valence-corrected chi connectivity index (χ0v) is 13.0. The van der Waals surface area contributed by atoms with E-state index in [0.29, 0.717) is 0 Å². The highest BCUT2D eigenvalue weighted by Gasteiger charge is 2.38. The first-order chi connectivity index (χ1) is 10.2. The van der Waals surface area contributed by atoms with E-state index in [0.717, 1.165) is 25.9 Å². The van der Waals surface area contributed by atoms with E-state index in [4.69, 9.17) is 0 Å². The molecule has 3 heteroatoms. The Bertz CT molecular complexity index is 669. The largest absolute Gasteiger partial charge is 0.346 e. The van der Waals surface area contributed by atoms with Crippen LogP contribution in [0.15, 0.2) is 30.5 Å². The predicted octanol–water partition coefficient (Wildman–Crippen LogP) is 3.54. The Balaban J connectivity index is 2.09. The van der Waals surface area contributed by atoms with Crippen LogP contribution in [0.4, 0.5) is 0 Å². The fraction of sp³-hybridized carbons (Fsp3) is 0.500. The summed E-state index contributed by atoms with van der Waals surface area (Å²) in [5, 5.41) is 11.1. The molecule has 1 aliphatic carbocycles. The van der Waals surface area contributed by atoms with Crippen LogP contribution >= 0.6 is 0 Å². The van der Waals surface area contributed by atoms with Crippen LogP contribution in [-0.2, 0) is 12.0 Å². The molecule has 1 aromatic carbocycles. The Morgan fingerprint density at radius 3 is 2.62 bits per heavy atom. The zero-order valence-electron chi connectivity index (χ0n) is 13.0. The fourth-order valence-corrected chi connectivity index (χ4v) is 3.54. The predicted molar refractivity (Wildman–Crippen MR) is 86.3 cm³/mol. The maximum absolute atomic E-state index is 9.79. The molecule has 1 heterocycles. The van der Waals surface area contributed by atoms with Crippen molar-refractivity contribution in [3.8, 4) is 6.07 Å². The Labute approximate surface area is 126 Å². The van der Waals surface area contributed by atoms with E-state index in [1.54, 1.807) is 0 Å². The van der Waals surface area contributed by atoms with Gasteiger partial charge in [0.15, 0.2) is 0 Å². The smallest absolute Gasteiger partial charge is 0.0843 e. The van der Waals surface area contributed by atoms with Gasteiger partial charge in [-0.25, -0.2) is 0 Å². The van der Waals surface area contributed by atoms with Crippen LogP contribution in [0.2, 0.25) is 0 Å². The Kier molecular flexibility index (Phi) is 3.73. The molecule has 1 aromatic heterocycles. The summed E-state index contributed by atoms with van der Waals surface area (Å²) < 4.78 is 2.32. The number of fused-ring (bicyclic) bond motifs is 1. The van der Waals surface area contributed by atoms with Gasteiger partial charge >= 0.3 is 0 Å².